The zero-order valence-electron chi connectivity index (χ0n) is 8.17. The lowest BCUT2D eigenvalue weighted by atomic mass is 10.1. The molecule has 0 fully saturated rings. The normalized spacial score (nSPS) is 10.3. The maximum Gasteiger partial charge on any atom is 0.132 e. The van der Waals surface area contributed by atoms with Crippen molar-refractivity contribution in [2.75, 3.05) is 0 Å². The monoisotopic (exact) mass is 313 g/mol. The average molecular weight is 313 g/mol. The Morgan fingerprint density at radius 2 is 1.93 bits per heavy atom. The highest BCUT2D eigenvalue weighted by Crippen LogP contribution is 2.26. The van der Waals surface area contributed by atoms with Crippen LogP contribution >= 0.6 is 22.6 Å². The highest BCUT2D eigenvalue weighted by atomic mass is 127. The maximum atomic E-state index is 13.5. The Labute approximate surface area is 102 Å². The third-order valence-corrected chi connectivity index (χ3v) is 3.57. The van der Waals surface area contributed by atoms with Crippen LogP contribution < -0.4 is 0 Å². The number of benzene rings is 1. The molecule has 0 saturated heterocycles. The molecule has 0 N–H and O–H groups in total. The Hall–Kier alpha value is -0.970. The number of hydrogen-bond donors (Lipinski definition) is 0. The van der Waals surface area contributed by atoms with E-state index in [9.17, 15) is 4.39 Å². The van der Waals surface area contributed by atoms with E-state index in [0.717, 1.165) is 9.13 Å². The van der Waals surface area contributed by atoms with Crippen LogP contribution in [0.4, 0.5) is 4.39 Å². The molecule has 1 nitrogen and oxygen atoms in total. The summed E-state index contributed by atoms with van der Waals surface area (Å²) in [5.41, 5.74) is 2.39. The first-order chi connectivity index (χ1) is 7.20. The molecule has 3 heteroatoms. The summed E-state index contributed by atoms with van der Waals surface area (Å²) in [6.45, 7) is 1.99. The molecule has 1 heterocycles. The van der Waals surface area contributed by atoms with Gasteiger partial charge in [0.25, 0.3) is 0 Å². The predicted molar refractivity (Wildman–Crippen MR) is 67.1 cm³/mol. The summed E-state index contributed by atoms with van der Waals surface area (Å²) in [5.74, 6) is -0.228. The lowest BCUT2D eigenvalue weighted by Gasteiger charge is -2.06. The number of rotatable bonds is 1. The Bertz CT molecular complexity index is 497. The van der Waals surface area contributed by atoms with Crippen LogP contribution in [0.3, 0.4) is 0 Å². The molecule has 1 aromatic heterocycles. The van der Waals surface area contributed by atoms with Gasteiger partial charge in [-0.2, -0.15) is 0 Å². The summed E-state index contributed by atoms with van der Waals surface area (Å²) < 4.78 is 14.5. The van der Waals surface area contributed by atoms with Crippen LogP contribution in [0, 0.1) is 16.3 Å². The van der Waals surface area contributed by atoms with Crippen molar-refractivity contribution in [1.29, 1.82) is 0 Å². The van der Waals surface area contributed by atoms with Gasteiger partial charge < -0.3 is 0 Å². The Morgan fingerprint density at radius 3 is 2.67 bits per heavy atom. The highest BCUT2D eigenvalue weighted by Gasteiger charge is 2.10. The fraction of sp³-hybridized carbons (Fsp3) is 0.0833. The van der Waals surface area contributed by atoms with Crippen molar-refractivity contribution in [3.8, 4) is 11.3 Å². The molecule has 15 heavy (non-hydrogen) atoms. The van der Waals surface area contributed by atoms with Gasteiger partial charge in [0.05, 0.1) is 5.69 Å². The predicted octanol–water partition coefficient (Wildman–Crippen LogP) is 3.80. The topological polar surface area (TPSA) is 12.9 Å². The Kier molecular flexibility index (Phi) is 3.00. The van der Waals surface area contributed by atoms with Gasteiger partial charge in [-0.3, -0.25) is 4.98 Å². The van der Waals surface area contributed by atoms with Crippen molar-refractivity contribution in [3.63, 3.8) is 0 Å². The Morgan fingerprint density at radius 1 is 1.20 bits per heavy atom. The zero-order valence-corrected chi connectivity index (χ0v) is 10.3. The van der Waals surface area contributed by atoms with Crippen LogP contribution in [0.2, 0.25) is 0 Å². The Balaban J connectivity index is 2.65. The first kappa shape index (κ1) is 10.5. The van der Waals surface area contributed by atoms with Gasteiger partial charge in [-0.15, -0.1) is 0 Å². The first-order valence-corrected chi connectivity index (χ1v) is 5.64. The molecular weight excluding hydrogens is 304 g/mol. The average Bonchev–Trinajstić information content (AvgIpc) is 2.23. The third kappa shape index (κ3) is 2.02. The van der Waals surface area contributed by atoms with Crippen molar-refractivity contribution >= 4 is 22.6 Å². The molecule has 2 aromatic rings. The van der Waals surface area contributed by atoms with Crippen LogP contribution in [0.15, 0.2) is 36.5 Å². The van der Waals surface area contributed by atoms with E-state index >= 15 is 0 Å². The summed E-state index contributed by atoms with van der Waals surface area (Å²) in [6.07, 6.45) is 1.71. The number of aryl methyl sites for hydroxylation is 1. The largest absolute Gasteiger partial charge is 0.255 e. The second-order valence-corrected chi connectivity index (χ2v) is 4.35. The van der Waals surface area contributed by atoms with Gasteiger partial charge in [-0.25, -0.2) is 4.39 Å². The quantitative estimate of drug-likeness (QED) is 0.730. The van der Waals surface area contributed by atoms with Crippen molar-refractivity contribution < 1.29 is 4.39 Å². The van der Waals surface area contributed by atoms with E-state index in [-0.39, 0.29) is 5.82 Å². The van der Waals surface area contributed by atoms with Crippen molar-refractivity contribution in [1.82, 2.24) is 4.98 Å². The fourth-order valence-electron chi connectivity index (χ4n) is 1.38. The summed E-state index contributed by atoms with van der Waals surface area (Å²) in [5, 5.41) is 0. The van der Waals surface area contributed by atoms with E-state index in [1.807, 2.05) is 19.1 Å². The number of hydrogen-bond acceptors (Lipinski definition) is 1. The molecule has 0 saturated carbocycles. The van der Waals surface area contributed by atoms with Gasteiger partial charge in [-0.1, -0.05) is 12.1 Å². The maximum absolute atomic E-state index is 13.5. The number of nitrogens with zero attached hydrogens (tertiary/aromatic N) is 1. The minimum atomic E-state index is -0.228. The number of aromatic nitrogens is 1. The van der Waals surface area contributed by atoms with Gasteiger partial charge in [0.1, 0.15) is 5.82 Å². The minimum absolute atomic E-state index is 0.228. The van der Waals surface area contributed by atoms with E-state index in [1.165, 1.54) is 6.07 Å². The molecule has 1 aromatic carbocycles. The molecule has 0 amide bonds. The first-order valence-electron chi connectivity index (χ1n) is 4.56. The third-order valence-electron chi connectivity index (χ3n) is 2.21. The lowest BCUT2D eigenvalue weighted by molar-refractivity contribution is 0.630. The van der Waals surface area contributed by atoms with Crippen LogP contribution in [0.5, 0.6) is 0 Å². The van der Waals surface area contributed by atoms with E-state index in [2.05, 4.69) is 27.6 Å². The van der Waals surface area contributed by atoms with E-state index in [4.69, 9.17) is 0 Å². The van der Waals surface area contributed by atoms with Gasteiger partial charge in [0.15, 0.2) is 0 Å². The second kappa shape index (κ2) is 4.26. The molecule has 0 aliphatic carbocycles. The lowest BCUT2D eigenvalue weighted by Crippen LogP contribution is -1.93. The van der Waals surface area contributed by atoms with Crippen LogP contribution in [-0.2, 0) is 0 Å². The molecule has 76 valence electrons. The molecule has 0 bridgehead atoms. The molecule has 0 aliphatic rings. The number of pyridine rings is 1. The van der Waals surface area contributed by atoms with Gasteiger partial charge in [-0.05, 0) is 53.3 Å². The molecule has 0 spiro atoms. The van der Waals surface area contributed by atoms with Crippen molar-refractivity contribution in [2.24, 2.45) is 0 Å². The van der Waals surface area contributed by atoms with E-state index in [0.29, 0.717) is 11.3 Å². The standard InChI is InChI=1S/C12H9FIN/c1-8-6-7-15-12(11(8)14)9-4-2-3-5-10(9)13/h2-7H,1H3. The summed E-state index contributed by atoms with van der Waals surface area (Å²) in [6, 6.07) is 8.63. The molecular formula is C12H9FIN. The zero-order chi connectivity index (χ0) is 10.8. The minimum Gasteiger partial charge on any atom is -0.255 e. The second-order valence-electron chi connectivity index (χ2n) is 3.27. The van der Waals surface area contributed by atoms with Crippen molar-refractivity contribution in [2.45, 2.75) is 6.92 Å². The summed E-state index contributed by atoms with van der Waals surface area (Å²) >= 11 is 2.20. The van der Waals surface area contributed by atoms with Crippen molar-refractivity contribution in [3.05, 3.63) is 51.5 Å². The van der Waals surface area contributed by atoms with Gasteiger partial charge in [0.2, 0.25) is 0 Å². The van der Waals surface area contributed by atoms with E-state index < -0.39 is 0 Å². The fourth-order valence-corrected chi connectivity index (χ4v) is 1.99. The SMILES string of the molecule is Cc1ccnc(-c2ccccc2F)c1I. The van der Waals surface area contributed by atoms with Crippen LogP contribution in [0.1, 0.15) is 5.56 Å². The highest BCUT2D eigenvalue weighted by molar-refractivity contribution is 14.1. The van der Waals surface area contributed by atoms with Crippen LogP contribution in [-0.4, -0.2) is 4.98 Å². The molecule has 0 unspecified atom stereocenters. The molecule has 0 radical (unpaired) electrons. The van der Waals surface area contributed by atoms with E-state index in [1.54, 1.807) is 18.3 Å². The molecule has 0 aliphatic heterocycles. The smallest absolute Gasteiger partial charge is 0.132 e. The number of halogens is 2. The van der Waals surface area contributed by atoms with Gasteiger partial charge in [0, 0.05) is 15.3 Å². The summed E-state index contributed by atoms with van der Waals surface area (Å²) in [4.78, 5) is 4.22. The van der Waals surface area contributed by atoms with Gasteiger partial charge >= 0.3 is 0 Å². The summed E-state index contributed by atoms with van der Waals surface area (Å²) in [7, 11) is 0. The van der Waals surface area contributed by atoms with Crippen LogP contribution in [0.25, 0.3) is 11.3 Å². The molecule has 2 rings (SSSR count). The molecule has 0 atom stereocenters.